The summed E-state index contributed by atoms with van der Waals surface area (Å²) in [5.41, 5.74) is 2.95. The van der Waals surface area contributed by atoms with Crippen LogP contribution in [0.3, 0.4) is 0 Å². The maximum absolute atomic E-state index is 13.3. The summed E-state index contributed by atoms with van der Waals surface area (Å²) in [5, 5.41) is 0. The highest BCUT2D eigenvalue weighted by atomic mass is 32.2. The van der Waals surface area contributed by atoms with Crippen molar-refractivity contribution in [3.05, 3.63) is 60.4 Å². The minimum Gasteiger partial charge on any atom is -0.278 e. The predicted octanol–water partition coefficient (Wildman–Crippen LogP) is 3.60. The predicted molar refractivity (Wildman–Crippen MR) is 114 cm³/mol. The lowest BCUT2D eigenvalue weighted by Gasteiger charge is -2.20. The molecule has 0 saturated carbocycles. The highest BCUT2D eigenvalue weighted by molar-refractivity contribution is 7.91. The van der Waals surface area contributed by atoms with Crippen molar-refractivity contribution in [2.45, 2.75) is 38.0 Å². The third kappa shape index (κ3) is 3.17. The Morgan fingerprint density at radius 2 is 1.70 bits per heavy atom. The highest BCUT2D eigenvalue weighted by Gasteiger charge is 2.45. The zero-order valence-electron chi connectivity index (χ0n) is 17.2. The smallest absolute Gasteiger partial charge is 0.241 e. The van der Waals surface area contributed by atoms with Crippen molar-refractivity contribution in [1.82, 2.24) is 15.0 Å². The van der Waals surface area contributed by atoms with Gasteiger partial charge in [0.15, 0.2) is 9.84 Å². The molecule has 1 aromatic carbocycles. The first-order valence-corrected chi connectivity index (χ1v) is 11.3. The van der Waals surface area contributed by atoms with Gasteiger partial charge in [0.25, 0.3) is 0 Å². The molecule has 0 N–H and O–H groups in total. The van der Waals surface area contributed by atoms with Gasteiger partial charge in [-0.3, -0.25) is 14.7 Å². The van der Waals surface area contributed by atoms with E-state index in [1.165, 1.54) is 18.5 Å². The molecule has 1 amide bonds. The third-order valence-electron chi connectivity index (χ3n) is 5.46. The Kier molecular flexibility index (Phi) is 4.69. The number of pyridine rings is 1. The number of amides is 1. The van der Waals surface area contributed by atoms with Crippen LogP contribution in [0.15, 0.2) is 53.9 Å². The van der Waals surface area contributed by atoms with Crippen molar-refractivity contribution in [2.75, 3.05) is 10.7 Å². The summed E-state index contributed by atoms with van der Waals surface area (Å²) in [6.45, 7) is 7.13. The molecule has 0 fully saturated rings. The van der Waals surface area contributed by atoms with Crippen LogP contribution in [0.1, 0.15) is 32.2 Å². The van der Waals surface area contributed by atoms with E-state index < -0.39 is 15.3 Å². The molecule has 0 atom stereocenters. The maximum Gasteiger partial charge on any atom is 0.241 e. The summed E-state index contributed by atoms with van der Waals surface area (Å²) >= 11 is 0. The molecule has 0 aliphatic carbocycles. The van der Waals surface area contributed by atoms with E-state index in [-0.39, 0.29) is 16.6 Å². The molecule has 30 heavy (non-hydrogen) atoms. The van der Waals surface area contributed by atoms with Crippen LogP contribution >= 0.6 is 0 Å². The fourth-order valence-electron chi connectivity index (χ4n) is 3.59. The van der Waals surface area contributed by atoms with E-state index in [1.54, 1.807) is 24.2 Å². The van der Waals surface area contributed by atoms with Crippen LogP contribution in [0.5, 0.6) is 0 Å². The number of aryl methyl sites for hydroxylation is 1. The molecule has 0 bridgehead atoms. The number of nitrogens with zero attached hydrogens (tertiary/aromatic N) is 4. The minimum atomic E-state index is -3.45. The van der Waals surface area contributed by atoms with Crippen LogP contribution in [0, 0.1) is 6.92 Å². The SMILES string of the molecule is CCS(=O)(=O)c1cncc(N2C(=O)C(C)(C)c3ccc(-c4cnc(C)nc4)cc32)c1. The molecule has 0 radical (unpaired) electrons. The first-order valence-electron chi connectivity index (χ1n) is 9.61. The Labute approximate surface area is 175 Å². The van der Waals surface area contributed by atoms with Crippen molar-refractivity contribution in [3.63, 3.8) is 0 Å². The van der Waals surface area contributed by atoms with Crippen LogP contribution in [0.25, 0.3) is 11.1 Å². The van der Waals surface area contributed by atoms with Crippen LogP contribution in [0.4, 0.5) is 11.4 Å². The monoisotopic (exact) mass is 422 g/mol. The summed E-state index contributed by atoms with van der Waals surface area (Å²) < 4.78 is 24.7. The molecule has 154 valence electrons. The molecule has 0 spiro atoms. The lowest BCUT2D eigenvalue weighted by atomic mass is 9.85. The number of anilines is 2. The first kappa shape index (κ1) is 20.2. The van der Waals surface area contributed by atoms with Gasteiger partial charge >= 0.3 is 0 Å². The van der Waals surface area contributed by atoms with E-state index >= 15 is 0 Å². The standard InChI is InChI=1S/C22H22N4O3S/c1-5-30(28,29)18-9-17(12-23-13-18)26-20-8-15(16-10-24-14(2)25-11-16)6-7-19(20)22(3,4)21(26)27/h6-13H,5H2,1-4H3. The molecular weight excluding hydrogens is 400 g/mol. The molecule has 3 aromatic rings. The maximum atomic E-state index is 13.3. The van der Waals surface area contributed by atoms with E-state index in [9.17, 15) is 13.2 Å². The van der Waals surface area contributed by atoms with E-state index in [0.29, 0.717) is 17.2 Å². The average molecular weight is 423 g/mol. The first-order chi connectivity index (χ1) is 14.1. The van der Waals surface area contributed by atoms with Gasteiger partial charge in [-0.25, -0.2) is 18.4 Å². The molecule has 3 heterocycles. The second-order valence-electron chi connectivity index (χ2n) is 7.80. The van der Waals surface area contributed by atoms with E-state index in [1.807, 2.05) is 39.0 Å². The van der Waals surface area contributed by atoms with Gasteiger partial charge in [-0.05, 0) is 44.0 Å². The van der Waals surface area contributed by atoms with Gasteiger partial charge in [-0.2, -0.15) is 0 Å². The largest absolute Gasteiger partial charge is 0.278 e. The normalized spacial score (nSPS) is 15.3. The summed E-state index contributed by atoms with van der Waals surface area (Å²) in [7, 11) is -3.45. The summed E-state index contributed by atoms with van der Waals surface area (Å²) in [4.78, 5) is 27.6. The molecular formula is C22H22N4O3S. The van der Waals surface area contributed by atoms with Crippen LogP contribution in [-0.4, -0.2) is 35.0 Å². The van der Waals surface area contributed by atoms with Crippen LogP contribution in [-0.2, 0) is 20.0 Å². The van der Waals surface area contributed by atoms with E-state index in [2.05, 4.69) is 15.0 Å². The van der Waals surface area contributed by atoms with Crippen molar-refractivity contribution in [1.29, 1.82) is 0 Å². The highest BCUT2D eigenvalue weighted by Crippen LogP contribution is 2.46. The fourth-order valence-corrected chi connectivity index (χ4v) is 4.45. The summed E-state index contributed by atoms with van der Waals surface area (Å²) in [5.74, 6) is 0.506. The van der Waals surface area contributed by atoms with Gasteiger partial charge in [-0.1, -0.05) is 19.1 Å². The Balaban J connectivity index is 1.88. The lowest BCUT2D eigenvalue weighted by Crippen LogP contribution is -2.33. The molecule has 4 rings (SSSR count). The summed E-state index contributed by atoms with van der Waals surface area (Å²) in [6, 6.07) is 7.30. The Bertz CT molecular complexity index is 1250. The number of sulfone groups is 1. The van der Waals surface area contributed by atoms with Gasteiger partial charge in [0.05, 0.1) is 33.6 Å². The van der Waals surface area contributed by atoms with Gasteiger partial charge in [0, 0.05) is 24.2 Å². The van der Waals surface area contributed by atoms with E-state index in [0.717, 1.165) is 16.7 Å². The van der Waals surface area contributed by atoms with Gasteiger partial charge in [0.2, 0.25) is 5.91 Å². The Morgan fingerprint density at radius 1 is 1.00 bits per heavy atom. The van der Waals surface area contributed by atoms with Crippen LogP contribution < -0.4 is 4.90 Å². The van der Waals surface area contributed by atoms with Gasteiger partial charge in [-0.15, -0.1) is 0 Å². The molecule has 1 aliphatic heterocycles. The van der Waals surface area contributed by atoms with Crippen LogP contribution in [0.2, 0.25) is 0 Å². The number of fused-ring (bicyclic) bond motifs is 1. The average Bonchev–Trinajstić information content (AvgIpc) is 2.94. The lowest BCUT2D eigenvalue weighted by molar-refractivity contribution is -0.121. The molecule has 0 saturated heterocycles. The van der Waals surface area contributed by atoms with Crippen molar-refractivity contribution in [2.24, 2.45) is 0 Å². The van der Waals surface area contributed by atoms with Crippen molar-refractivity contribution >= 4 is 27.1 Å². The van der Waals surface area contributed by atoms with E-state index in [4.69, 9.17) is 0 Å². The zero-order valence-corrected chi connectivity index (χ0v) is 18.1. The topological polar surface area (TPSA) is 93.1 Å². The fraction of sp³-hybridized carbons (Fsp3) is 0.273. The molecule has 2 aromatic heterocycles. The number of hydrogen-bond acceptors (Lipinski definition) is 6. The number of aromatic nitrogens is 3. The Morgan fingerprint density at radius 3 is 2.37 bits per heavy atom. The van der Waals surface area contributed by atoms with Crippen molar-refractivity contribution < 1.29 is 13.2 Å². The van der Waals surface area contributed by atoms with Gasteiger partial charge in [0.1, 0.15) is 5.82 Å². The number of hydrogen-bond donors (Lipinski definition) is 0. The molecule has 8 heteroatoms. The second-order valence-corrected chi connectivity index (χ2v) is 10.1. The second kappa shape index (κ2) is 6.98. The number of carbonyl (C=O) groups is 1. The summed E-state index contributed by atoms with van der Waals surface area (Å²) in [6.07, 6.45) is 6.31. The third-order valence-corrected chi connectivity index (χ3v) is 7.16. The molecule has 7 nitrogen and oxygen atoms in total. The quantitative estimate of drug-likeness (QED) is 0.638. The Hall–Kier alpha value is -3.13. The molecule has 1 aliphatic rings. The number of benzene rings is 1. The minimum absolute atomic E-state index is 0.0360. The van der Waals surface area contributed by atoms with Crippen molar-refractivity contribution in [3.8, 4) is 11.1 Å². The number of rotatable bonds is 4. The zero-order chi connectivity index (χ0) is 21.7. The molecule has 0 unspecified atom stereocenters. The van der Waals surface area contributed by atoms with Gasteiger partial charge < -0.3 is 0 Å². The number of carbonyl (C=O) groups excluding carboxylic acids is 1.